The Balaban J connectivity index is 2.45. The molecule has 1 aromatic rings. The molecule has 1 unspecified atom stereocenters. The Hall–Kier alpha value is -0.0600. The molecule has 2 rings (SSSR count). The zero-order valence-corrected chi connectivity index (χ0v) is 8.77. The Bertz CT molecular complexity index is 310. The van der Waals surface area contributed by atoms with E-state index < -0.39 is 0 Å². The summed E-state index contributed by atoms with van der Waals surface area (Å²) in [4.78, 5) is 4.12. The first-order chi connectivity index (χ1) is 5.68. The van der Waals surface area contributed by atoms with Gasteiger partial charge in [-0.2, -0.15) is 0 Å². The molecule has 0 saturated heterocycles. The molecule has 1 aromatic heterocycles. The first-order valence-electron chi connectivity index (χ1n) is 3.84. The number of imidazole rings is 1. The van der Waals surface area contributed by atoms with Gasteiger partial charge in [0.1, 0.15) is 0 Å². The molecule has 0 aromatic carbocycles. The van der Waals surface area contributed by atoms with Gasteiger partial charge in [0.15, 0.2) is 9.89 Å². The van der Waals surface area contributed by atoms with E-state index in [4.69, 9.17) is 17.3 Å². The van der Waals surface area contributed by atoms with Crippen molar-refractivity contribution in [3.63, 3.8) is 0 Å². The van der Waals surface area contributed by atoms with E-state index >= 15 is 0 Å². The first kappa shape index (κ1) is 8.53. The average molecular weight is 251 g/mol. The molecule has 0 radical (unpaired) electrons. The molecule has 0 fully saturated rings. The first-order valence-corrected chi connectivity index (χ1v) is 5.01. The molecule has 1 aliphatic rings. The summed E-state index contributed by atoms with van der Waals surface area (Å²) < 4.78 is 2.89. The van der Waals surface area contributed by atoms with Gasteiger partial charge in [0.25, 0.3) is 0 Å². The van der Waals surface area contributed by atoms with E-state index in [2.05, 4.69) is 25.5 Å². The topological polar surface area (TPSA) is 43.8 Å². The molecule has 12 heavy (non-hydrogen) atoms. The fraction of sp³-hybridized carbons (Fsp3) is 0.571. The van der Waals surface area contributed by atoms with Gasteiger partial charge < -0.3 is 10.3 Å². The second kappa shape index (κ2) is 3.01. The van der Waals surface area contributed by atoms with Crippen molar-refractivity contribution in [2.24, 2.45) is 5.73 Å². The minimum absolute atomic E-state index is 0.235. The summed E-state index contributed by atoms with van der Waals surface area (Å²) in [6.07, 6.45) is 1.83. The summed E-state index contributed by atoms with van der Waals surface area (Å²) in [7, 11) is 0. The summed E-state index contributed by atoms with van der Waals surface area (Å²) in [5.74, 6) is 0. The van der Waals surface area contributed by atoms with Crippen molar-refractivity contribution in [2.75, 3.05) is 0 Å². The smallest absolute Gasteiger partial charge is 0.178 e. The van der Waals surface area contributed by atoms with Crippen LogP contribution in [0.5, 0.6) is 0 Å². The standard InChI is InChI=1S/C7H9BrClN3/c8-7-11-6(9)5-3-4(10)1-2-12(5)7/h4H,1-3,10H2. The van der Waals surface area contributed by atoms with Gasteiger partial charge in [0.2, 0.25) is 0 Å². The molecule has 0 amide bonds. The Morgan fingerprint density at radius 3 is 3.17 bits per heavy atom. The van der Waals surface area contributed by atoms with E-state index in [1.807, 2.05) is 0 Å². The molecule has 1 aliphatic heterocycles. The highest BCUT2D eigenvalue weighted by atomic mass is 79.9. The lowest BCUT2D eigenvalue weighted by molar-refractivity contribution is 0.466. The van der Waals surface area contributed by atoms with Crippen LogP contribution in [0.2, 0.25) is 5.15 Å². The van der Waals surface area contributed by atoms with E-state index in [1.165, 1.54) is 0 Å². The maximum atomic E-state index is 5.91. The van der Waals surface area contributed by atoms with Crippen LogP contribution in [0.15, 0.2) is 4.73 Å². The van der Waals surface area contributed by atoms with Crippen molar-refractivity contribution in [1.29, 1.82) is 0 Å². The maximum Gasteiger partial charge on any atom is 0.178 e. The number of fused-ring (bicyclic) bond motifs is 1. The summed E-state index contributed by atoms with van der Waals surface area (Å²) in [6.45, 7) is 0.913. The predicted molar refractivity (Wildman–Crippen MR) is 51.2 cm³/mol. The summed E-state index contributed by atoms with van der Waals surface area (Å²) >= 11 is 9.26. The van der Waals surface area contributed by atoms with Crippen LogP contribution in [0.25, 0.3) is 0 Å². The number of halogens is 2. The highest BCUT2D eigenvalue weighted by molar-refractivity contribution is 9.10. The SMILES string of the molecule is NC1CCn2c(Br)nc(Cl)c2C1. The van der Waals surface area contributed by atoms with Gasteiger partial charge in [-0.15, -0.1) is 0 Å². The molecule has 2 heterocycles. The van der Waals surface area contributed by atoms with Gasteiger partial charge in [0.05, 0.1) is 5.69 Å². The van der Waals surface area contributed by atoms with Crippen LogP contribution >= 0.6 is 27.5 Å². The summed E-state index contributed by atoms with van der Waals surface area (Å²) in [5, 5.41) is 0.581. The highest BCUT2D eigenvalue weighted by Gasteiger charge is 2.21. The molecule has 0 aliphatic carbocycles. The van der Waals surface area contributed by atoms with Crippen LogP contribution in [-0.2, 0) is 13.0 Å². The molecule has 0 saturated carbocycles. The van der Waals surface area contributed by atoms with Crippen LogP contribution < -0.4 is 5.73 Å². The lowest BCUT2D eigenvalue weighted by Gasteiger charge is -2.20. The molecule has 3 nitrogen and oxygen atoms in total. The van der Waals surface area contributed by atoms with Gasteiger partial charge in [-0.05, 0) is 22.4 Å². The van der Waals surface area contributed by atoms with Crippen molar-refractivity contribution < 1.29 is 0 Å². The summed E-state index contributed by atoms with van der Waals surface area (Å²) in [5.41, 5.74) is 6.87. The van der Waals surface area contributed by atoms with Gasteiger partial charge in [-0.25, -0.2) is 4.98 Å². The van der Waals surface area contributed by atoms with Crippen LogP contribution in [0.1, 0.15) is 12.1 Å². The van der Waals surface area contributed by atoms with Gasteiger partial charge in [0, 0.05) is 19.0 Å². The van der Waals surface area contributed by atoms with Gasteiger partial charge >= 0.3 is 0 Å². The third-order valence-electron chi connectivity index (χ3n) is 2.16. The average Bonchev–Trinajstić information content (AvgIpc) is 2.28. The van der Waals surface area contributed by atoms with Crippen molar-refractivity contribution in [3.8, 4) is 0 Å². The van der Waals surface area contributed by atoms with Gasteiger partial charge in [-0.1, -0.05) is 11.6 Å². The monoisotopic (exact) mass is 249 g/mol. The maximum absolute atomic E-state index is 5.91. The van der Waals surface area contributed by atoms with E-state index in [1.54, 1.807) is 0 Å². The number of nitrogens with two attached hydrogens (primary N) is 1. The molecule has 0 spiro atoms. The number of hydrogen-bond donors (Lipinski definition) is 1. The van der Waals surface area contributed by atoms with Crippen LogP contribution in [0.4, 0.5) is 0 Å². The molecular formula is C7H9BrClN3. The predicted octanol–water partition coefficient (Wildman–Crippen LogP) is 1.57. The second-order valence-corrected chi connectivity index (χ2v) is 4.09. The fourth-order valence-corrected chi connectivity index (χ4v) is 2.43. The molecule has 66 valence electrons. The largest absolute Gasteiger partial charge is 0.327 e. The Labute approximate surface area is 84.0 Å². The second-order valence-electron chi connectivity index (χ2n) is 3.02. The van der Waals surface area contributed by atoms with Crippen LogP contribution in [0, 0.1) is 0 Å². The quantitative estimate of drug-likeness (QED) is 0.760. The zero-order valence-electron chi connectivity index (χ0n) is 6.43. The molecule has 0 bridgehead atoms. The molecule has 1 atom stereocenters. The minimum atomic E-state index is 0.235. The lowest BCUT2D eigenvalue weighted by atomic mass is 10.1. The van der Waals surface area contributed by atoms with Crippen LogP contribution in [0.3, 0.4) is 0 Å². The van der Waals surface area contributed by atoms with E-state index in [9.17, 15) is 0 Å². The van der Waals surface area contributed by atoms with E-state index in [0.717, 1.165) is 29.8 Å². The minimum Gasteiger partial charge on any atom is -0.327 e. The van der Waals surface area contributed by atoms with Crippen molar-refractivity contribution in [3.05, 3.63) is 15.6 Å². The van der Waals surface area contributed by atoms with E-state index in [-0.39, 0.29) is 6.04 Å². The molecular weight excluding hydrogens is 241 g/mol. The van der Waals surface area contributed by atoms with E-state index in [0.29, 0.717) is 5.15 Å². The molecule has 5 heteroatoms. The Morgan fingerprint density at radius 1 is 1.67 bits per heavy atom. The number of aromatic nitrogens is 2. The van der Waals surface area contributed by atoms with Gasteiger partial charge in [-0.3, -0.25) is 0 Å². The third kappa shape index (κ3) is 1.28. The fourth-order valence-electron chi connectivity index (χ4n) is 1.50. The number of hydrogen-bond acceptors (Lipinski definition) is 2. The highest BCUT2D eigenvalue weighted by Crippen LogP contribution is 2.26. The Kier molecular flexibility index (Phi) is 2.14. The zero-order chi connectivity index (χ0) is 8.72. The Morgan fingerprint density at radius 2 is 2.42 bits per heavy atom. The lowest BCUT2D eigenvalue weighted by Crippen LogP contribution is -2.30. The van der Waals surface area contributed by atoms with Crippen molar-refractivity contribution >= 4 is 27.5 Å². The van der Waals surface area contributed by atoms with Crippen molar-refractivity contribution in [1.82, 2.24) is 9.55 Å². The molecule has 2 N–H and O–H groups in total. The summed E-state index contributed by atoms with van der Waals surface area (Å²) in [6, 6.07) is 0.235. The normalized spacial score (nSPS) is 22.4. The number of nitrogens with zero attached hydrogens (tertiary/aromatic N) is 2. The number of rotatable bonds is 0. The van der Waals surface area contributed by atoms with Crippen molar-refractivity contribution in [2.45, 2.75) is 25.4 Å². The third-order valence-corrected chi connectivity index (χ3v) is 3.06. The van der Waals surface area contributed by atoms with Crippen LogP contribution in [-0.4, -0.2) is 15.6 Å².